The zero-order chi connectivity index (χ0) is 13.7. The molecule has 0 heterocycles. The molecule has 0 aromatic carbocycles. The van der Waals surface area contributed by atoms with Crippen LogP contribution in [0.25, 0.3) is 0 Å². The number of rotatable bonds is 5. The maximum absolute atomic E-state index is 3.57. The molecule has 0 nitrogen and oxygen atoms in total. The van der Waals surface area contributed by atoms with Crippen LogP contribution in [0.3, 0.4) is 0 Å². The molecule has 0 rings (SSSR count). The molecule has 0 aliphatic carbocycles. The van der Waals surface area contributed by atoms with Crippen LogP contribution in [0.2, 0.25) is 38.0 Å². The number of hydrogen-bond acceptors (Lipinski definition) is 0. The first-order chi connectivity index (χ1) is 7.54. The van der Waals surface area contributed by atoms with Crippen molar-refractivity contribution in [1.82, 2.24) is 0 Å². The summed E-state index contributed by atoms with van der Waals surface area (Å²) in [5, 5.41) is 0. The van der Waals surface area contributed by atoms with E-state index in [-0.39, 0.29) is 0 Å². The van der Waals surface area contributed by atoms with Crippen molar-refractivity contribution >= 4 is 26.3 Å². The van der Waals surface area contributed by atoms with Gasteiger partial charge in [-0.2, -0.15) is 0 Å². The number of hydrogen-bond donors (Lipinski definition) is 0. The third-order valence-electron chi connectivity index (χ3n) is 2.36. The maximum atomic E-state index is 3.57. The molecule has 0 saturated heterocycles. The van der Waals surface area contributed by atoms with Crippen molar-refractivity contribution in [3.63, 3.8) is 0 Å². The molecule has 0 spiro atoms. The average molecular weight is 368 g/mol. The molecule has 0 aromatic rings. The van der Waals surface area contributed by atoms with Gasteiger partial charge in [-0.15, -0.1) is 0 Å². The summed E-state index contributed by atoms with van der Waals surface area (Å²) >= 11 is -1.69. The van der Waals surface area contributed by atoms with Gasteiger partial charge in [0.1, 0.15) is 0 Å². The van der Waals surface area contributed by atoms with Crippen LogP contribution in [0.4, 0.5) is 0 Å². The molecule has 0 radical (unpaired) electrons. The zero-order valence-electron chi connectivity index (χ0n) is 13.2. The van der Waals surface area contributed by atoms with E-state index < -0.39 is 26.3 Å². The molecule has 0 fully saturated rings. The van der Waals surface area contributed by atoms with Crippen molar-refractivity contribution < 1.29 is 0 Å². The molecular formula is C15H32SiTe. The van der Waals surface area contributed by atoms with Crippen LogP contribution in [0, 0.1) is 23.3 Å². The predicted molar refractivity (Wildman–Crippen MR) is 86.8 cm³/mol. The van der Waals surface area contributed by atoms with E-state index >= 15 is 0 Å². The minimum atomic E-state index is -1.69. The van der Waals surface area contributed by atoms with E-state index in [1.165, 1.54) is 13.4 Å². The first-order valence-electron chi connectivity index (χ1n) is 6.75. The van der Waals surface area contributed by atoms with Gasteiger partial charge in [0.2, 0.25) is 0 Å². The average Bonchev–Trinajstić information content (AvgIpc) is 1.95. The van der Waals surface area contributed by atoms with Crippen molar-refractivity contribution in [3.05, 3.63) is 0 Å². The SMILES string of the molecule is CC(C)C[Te](C)(CC#C[Si](C)(C)C)CC(C)C. The van der Waals surface area contributed by atoms with Gasteiger partial charge in [0.05, 0.1) is 0 Å². The van der Waals surface area contributed by atoms with Crippen LogP contribution in [0.15, 0.2) is 0 Å². The summed E-state index contributed by atoms with van der Waals surface area (Å²) < 4.78 is 4.24. The van der Waals surface area contributed by atoms with Gasteiger partial charge < -0.3 is 0 Å². The van der Waals surface area contributed by atoms with Gasteiger partial charge >= 0.3 is 115 Å². The summed E-state index contributed by atoms with van der Waals surface area (Å²) in [5.74, 6) is 5.28. The Hall–Kier alpha value is 0.566. The van der Waals surface area contributed by atoms with Gasteiger partial charge in [-0.05, 0) is 0 Å². The molecule has 0 amide bonds. The molecule has 0 aliphatic heterocycles. The van der Waals surface area contributed by atoms with Gasteiger partial charge in [-0.1, -0.05) is 0 Å². The van der Waals surface area contributed by atoms with Gasteiger partial charge in [0.25, 0.3) is 0 Å². The summed E-state index contributed by atoms with van der Waals surface area (Å²) in [6.45, 7) is 16.5. The molecule has 0 aromatic heterocycles. The summed E-state index contributed by atoms with van der Waals surface area (Å²) in [5.41, 5.74) is 3.56. The van der Waals surface area contributed by atoms with Crippen LogP contribution >= 0.6 is 0 Å². The Morgan fingerprint density at radius 1 is 0.941 bits per heavy atom. The van der Waals surface area contributed by atoms with Gasteiger partial charge in [-0.3, -0.25) is 0 Å². The Morgan fingerprint density at radius 2 is 1.35 bits per heavy atom. The third-order valence-corrected chi connectivity index (χ3v) is 14.1. The van der Waals surface area contributed by atoms with Crippen molar-refractivity contribution in [2.24, 2.45) is 11.8 Å². The minimum absolute atomic E-state index is 0.855. The Kier molecular flexibility index (Phi) is 7.47. The zero-order valence-corrected chi connectivity index (χ0v) is 16.5. The van der Waals surface area contributed by atoms with E-state index in [0.717, 1.165) is 11.8 Å². The molecular weight excluding hydrogens is 336 g/mol. The quantitative estimate of drug-likeness (QED) is 0.459. The van der Waals surface area contributed by atoms with Crippen LogP contribution in [-0.2, 0) is 0 Å². The molecule has 102 valence electrons. The first-order valence-corrected chi connectivity index (χ1v) is 17.5. The Balaban J connectivity index is 4.63. The van der Waals surface area contributed by atoms with Crippen molar-refractivity contribution in [2.75, 3.05) is 0 Å². The first kappa shape index (κ1) is 17.6. The monoisotopic (exact) mass is 370 g/mol. The van der Waals surface area contributed by atoms with Crippen molar-refractivity contribution in [2.45, 2.75) is 65.7 Å². The van der Waals surface area contributed by atoms with E-state index in [0.29, 0.717) is 0 Å². The van der Waals surface area contributed by atoms with E-state index in [4.69, 9.17) is 0 Å². The van der Waals surface area contributed by atoms with Crippen molar-refractivity contribution in [1.29, 1.82) is 0 Å². The fourth-order valence-corrected chi connectivity index (χ4v) is 14.7. The van der Waals surface area contributed by atoms with Gasteiger partial charge in [-0.25, -0.2) is 0 Å². The van der Waals surface area contributed by atoms with E-state index in [9.17, 15) is 0 Å². The van der Waals surface area contributed by atoms with Crippen molar-refractivity contribution in [3.8, 4) is 11.5 Å². The molecule has 0 unspecified atom stereocenters. The van der Waals surface area contributed by atoms with Gasteiger partial charge in [0, 0.05) is 0 Å². The second kappa shape index (κ2) is 7.23. The van der Waals surface area contributed by atoms with E-state index in [1.54, 1.807) is 0 Å². The topological polar surface area (TPSA) is 0 Å². The molecule has 17 heavy (non-hydrogen) atoms. The van der Waals surface area contributed by atoms with E-state index in [2.05, 4.69) is 63.8 Å². The Morgan fingerprint density at radius 3 is 1.65 bits per heavy atom. The predicted octanol–water partition coefficient (Wildman–Crippen LogP) is 5.26. The molecule has 0 atom stereocenters. The third kappa shape index (κ3) is 10.2. The Bertz CT molecular complexity index is 266. The summed E-state index contributed by atoms with van der Waals surface area (Å²) in [6, 6.07) is 0. The van der Waals surface area contributed by atoms with E-state index in [1.807, 2.05) is 0 Å². The molecule has 0 N–H and O–H groups in total. The standard InChI is InChI=1S/C15H32SiTe/c1-14(2)12-17(8,13-15(3)4)11-9-10-16(5,6)7/h14-15H,11-13H2,1-8H3. The van der Waals surface area contributed by atoms with Gasteiger partial charge in [0.15, 0.2) is 0 Å². The molecule has 0 bridgehead atoms. The summed E-state index contributed by atoms with van der Waals surface area (Å²) in [4.78, 5) is 2.61. The fourth-order valence-electron chi connectivity index (χ4n) is 2.27. The molecule has 0 saturated carbocycles. The molecule has 2 heteroatoms. The van der Waals surface area contributed by atoms with Crippen LogP contribution in [0.1, 0.15) is 27.7 Å². The summed E-state index contributed by atoms with van der Waals surface area (Å²) in [6.07, 6.45) is 0. The normalized spacial score (nSPS) is 13.8. The molecule has 0 aliphatic rings. The second-order valence-corrected chi connectivity index (χ2v) is 23.2. The fraction of sp³-hybridized carbons (Fsp3) is 0.867. The van der Waals surface area contributed by atoms with Crippen LogP contribution < -0.4 is 0 Å². The van der Waals surface area contributed by atoms with Crippen LogP contribution in [0.5, 0.6) is 0 Å². The second-order valence-electron chi connectivity index (χ2n) is 7.30. The Labute approximate surface area is 115 Å². The summed E-state index contributed by atoms with van der Waals surface area (Å²) in [7, 11) is -1.17. The van der Waals surface area contributed by atoms with Crippen LogP contribution in [-0.4, -0.2) is 26.3 Å².